The van der Waals surface area contributed by atoms with Crippen molar-refractivity contribution in [3.63, 3.8) is 0 Å². The number of aromatic nitrogens is 2. The Morgan fingerprint density at radius 3 is 3.18 bits per heavy atom. The van der Waals surface area contributed by atoms with E-state index in [1.807, 2.05) is 0 Å². The van der Waals surface area contributed by atoms with Gasteiger partial charge in [-0.3, -0.25) is 4.79 Å². The number of fused-ring (bicyclic) bond motifs is 1. The molecule has 0 aliphatic carbocycles. The second-order valence-electron chi connectivity index (χ2n) is 2.06. The third kappa shape index (κ3) is 1.12. The van der Waals surface area contributed by atoms with E-state index in [1.165, 1.54) is 11.3 Å². The van der Waals surface area contributed by atoms with Crippen molar-refractivity contribution >= 4 is 11.3 Å². The van der Waals surface area contributed by atoms with Gasteiger partial charge in [0.1, 0.15) is 0 Å². The van der Waals surface area contributed by atoms with Crippen LogP contribution in [0.2, 0.25) is 0 Å². The Bertz CT molecular complexity index is 364. The molecule has 11 heavy (non-hydrogen) atoms. The van der Waals surface area contributed by atoms with Crippen LogP contribution in [0, 0.1) is 0 Å². The van der Waals surface area contributed by atoms with E-state index in [4.69, 9.17) is 0 Å². The van der Waals surface area contributed by atoms with Gasteiger partial charge < -0.3 is 0 Å². The van der Waals surface area contributed by atoms with Crippen molar-refractivity contribution in [1.82, 2.24) is 10.2 Å². The van der Waals surface area contributed by atoms with Crippen LogP contribution in [0.5, 0.6) is 0 Å². The Hall–Kier alpha value is -1.29. The molecular weight excluding hydrogens is 160 g/mol. The standard InChI is InChI=1S/C7H4N2OS/c10-7-3-5-4-9-8-2-1-6(5)11-7/h1-4H. The van der Waals surface area contributed by atoms with E-state index in [-0.39, 0.29) is 4.74 Å². The lowest BCUT2D eigenvalue weighted by atomic mass is 10.3. The Labute approximate surface area is 66.7 Å². The first-order valence-corrected chi connectivity index (χ1v) is 3.88. The number of hydrogen-bond acceptors (Lipinski definition) is 4. The van der Waals surface area contributed by atoms with Gasteiger partial charge in [0.2, 0.25) is 4.74 Å². The molecule has 0 aromatic heterocycles. The summed E-state index contributed by atoms with van der Waals surface area (Å²) in [5.41, 5.74) is 0.859. The molecule has 0 saturated heterocycles. The molecule has 0 spiro atoms. The van der Waals surface area contributed by atoms with Crippen LogP contribution < -0.4 is 4.74 Å². The maximum Gasteiger partial charge on any atom is 0.233 e. The van der Waals surface area contributed by atoms with Crippen molar-refractivity contribution in [2.75, 3.05) is 0 Å². The van der Waals surface area contributed by atoms with E-state index in [2.05, 4.69) is 10.2 Å². The molecular formula is C7H4N2OS. The van der Waals surface area contributed by atoms with E-state index in [0.717, 1.165) is 10.4 Å². The van der Waals surface area contributed by atoms with Crippen LogP contribution in [0.4, 0.5) is 0 Å². The van der Waals surface area contributed by atoms with Crippen LogP contribution >= 0.6 is 11.3 Å². The van der Waals surface area contributed by atoms with Gasteiger partial charge >= 0.3 is 0 Å². The number of hydrogen-bond donors (Lipinski definition) is 0. The summed E-state index contributed by atoms with van der Waals surface area (Å²) in [4.78, 5) is 11.8. The Morgan fingerprint density at radius 1 is 1.36 bits per heavy atom. The summed E-state index contributed by atoms with van der Waals surface area (Å²) in [6, 6.07) is 3.35. The first-order chi connectivity index (χ1) is 5.36. The molecule has 2 rings (SSSR count). The van der Waals surface area contributed by atoms with Gasteiger partial charge in [-0.05, 0) is 6.07 Å². The van der Waals surface area contributed by atoms with E-state index >= 15 is 0 Å². The SMILES string of the molecule is O=c1cc2cnnccc-2s1. The average molecular weight is 164 g/mol. The molecule has 0 saturated carbocycles. The smallest absolute Gasteiger partial charge is 0.233 e. The van der Waals surface area contributed by atoms with Crippen LogP contribution in [0.25, 0.3) is 10.4 Å². The minimum atomic E-state index is 0.0630. The molecule has 0 atom stereocenters. The van der Waals surface area contributed by atoms with Crippen LogP contribution in [0.3, 0.4) is 0 Å². The van der Waals surface area contributed by atoms with E-state index in [1.54, 1.807) is 24.5 Å². The summed E-state index contributed by atoms with van der Waals surface area (Å²) in [6.45, 7) is 0. The highest BCUT2D eigenvalue weighted by molar-refractivity contribution is 7.13. The van der Waals surface area contributed by atoms with E-state index in [9.17, 15) is 4.79 Å². The van der Waals surface area contributed by atoms with Crippen LogP contribution in [0.1, 0.15) is 0 Å². The maximum atomic E-state index is 10.9. The van der Waals surface area contributed by atoms with Gasteiger partial charge in [0.15, 0.2) is 0 Å². The fourth-order valence-electron chi connectivity index (χ4n) is 0.861. The quantitative estimate of drug-likeness (QED) is 0.583. The van der Waals surface area contributed by atoms with Crippen molar-refractivity contribution in [3.8, 4) is 10.4 Å². The van der Waals surface area contributed by atoms with Crippen molar-refractivity contribution in [2.24, 2.45) is 0 Å². The second-order valence-corrected chi connectivity index (χ2v) is 3.11. The predicted molar refractivity (Wildman–Crippen MR) is 42.8 cm³/mol. The molecule has 0 aromatic rings. The number of nitrogens with zero attached hydrogens (tertiary/aromatic N) is 2. The van der Waals surface area contributed by atoms with E-state index < -0.39 is 0 Å². The molecule has 54 valence electrons. The normalized spacial score (nSPS) is 10.2. The van der Waals surface area contributed by atoms with Crippen LogP contribution in [-0.4, -0.2) is 10.2 Å². The molecule has 0 fully saturated rings. The fraction of sp³-hybridized carbons (Fsp3) is 0. The van der Waals surface area contributed by atoms with Crippen LogP contribution in [0.15, 0.2) is 29.3 Å². The topological polar surface area (TPSA) is 42.9 Å². The second kappa shape index (κ2) is 2.39. The summed E-state index contributed by atoms with van der Waals surface area (Å²) in [5.74, 6) is 0. The highest BCUT2D eigenvalue weighted by atomic mass is 32.1. The number of thiophene rings is 1. The molecule has 0 N–H and O–H groups in total. The van der Waals surface area contributed by atoms with Gasteiger partial charge in [-0.2, -0.15) is 10.2 Å². The largest absolute Gasteiger partial charge is 0.278 e. The fourth-order valence-corrected chi connectivity index (χ4v) is 1.62. The first kappa shape index (κ1) is 6.42. The zero-order chi connectivity index (χ0) is 7.68. The molecule has 4 heteroatoms. The van der Waals surface area contributed by atoms with Gasteiger partial charge in [0.05, 0.1) is 12.4 Å². The van der Waals surface area contributed by atoms with Crippen LogP contribution in [-0.2, 0) is 0 Å². The minimum absolute atomic E-state index is 0.0630. The summed E-state index contributed by atoms with van der Waals surface area (Å²) >= 11 is 1.21. The molecule has 0 bridgehead atoms. The third-order valence-corrected chi connectivity index (χ3v) is 2.24. The van der Waals surface area contributed by atoms with Crippen molar-refractivity contribution in [1.29, 1.82) is 0 Å². The van der Waals surface area contributed by atoms with E-state index in [0.29, 0.717) is 0 Å². The Morgan fingerprint density at radius 2 is 2.27 bits per heavy atom. The molecule has 2 aliphatic heterocycles. The molecule has 2 aliphatic rings. The summed E-state index contributed by atoms with van der Waals surface area (Å²) in [7, 11) is 0. The first-order valence-electron chi connectivity index (χ1n) is 3.07. The molecule has 0 amide bonds. The lowest BCUT2D eigenvalue weighted by molar-refractivity contribution is 1.06. The summed E-state index contributed by atoms with van der Waals surface area (Å²) < 4.78 is 0.0630. The summed E-state index contributed by atoms with van der Waals surface area (Å²) in [6.07, 6.45) is 3.17. The lowest BCUT2D eigenvalue weighted by Gasteiger charge is -1.81. The molecule has 0 unspecified atom stereocenters. The predicted octanol–water partition coefficient (Wildman–Crippen LogP) is 1.00. The van der Waals surface area contributed by atoms with Crippen molar-refractivity contribution in [3.05, 3.63) is 34.1 Å². The van der Waals surface area contributed by atoms with Crippen molar-refractivity contribution in [2.45, 2.75) is 0 Å². The van der Waals surface area contributed by atoms with Gasteiger partial charge in [0.25, 0.3) is 0 Å². The molecule has 2 heterocycles. The highest BCUT2D eigenvalue weighted by Crippen LogP contribution is 2.20. The molecule has 0 aromatic carbocycles. The van der Waals surface area contributed by atoms with Gasteiger partial charge in [0, 0.05) is 16.5 Å². The monoisotopic (exact) mass is 164 g/mol. The maximum absolute atomic E-state index is 10.9. The summed E-state index contributed by atoms with van der Waals surface area (Å²) in [5, 5.41) is 7.39. The highest BCUT2D eigenvalue weighted by Gasteiger charge is 2.02. The van der Waals surface area contributed by atoms with Gasteiger partial charge in [-0.1, -0.05) is 11.3 Å². The van der Waals surface area contributed by atoms with Gasteiger partial charge in [-0.15, -0.1) is 0 Å². The van der Waals surface area contributed by atoms with Gasteiger partial charge in [-0.25, -0.2) is 0 Å². The third-order valence-electron chi connectivity index (χ3n) is 1.32. The lowest BCUT2D eigenvalue weighted by Crippen LogP contribution is -1.79. The minimum Gasteiger partial charge on any atom is -0.278 e. The number of rotatable bonds is 0. The Kier molecular flexibility index (Phi) is 1.40. The Balaban J connectivity index is 2.83. The average Bonchev–Trinajstić information content (AvgIpc) is 2.17. The molecule has 3 nitrogen and oxygen atoms in total. The zero-order valence-electron chi connectivity index (χ0n) is 5.52. The van der Waals surface area contributed by atoms with Crippen molar-refractivity contribution < 1.29 is 0 Å². The zero-order valence-corrected chi connectivity index (χ0v) is 6.34. The molecule has 0 radical (unpaired) electrons.